The van der Waals surface area contributed by atoms with Crippen LogP contribution in [0.4, 0.5) is 17.1 Å². The van der Waals surface area contributed by atoms with Crippen molar-refractivity contribution in [3.8, 4) is 44.5 Å². The van der Waals surface area contributed by atoms with Gasteiger partial charge in [0.15, 0.2) is 0 Å². The average molecular weight is 817 g/mol. The Labute approximate surface area is 374 Å². The Kier molecular flexibility index (Phi) is 8.81. The fourth-order valence-electron chi connectivity index (χ4n) is 10.8. The van der Waals surface area contributed by atoms with E-state index in [9.17, 15) is 0 Å². The SMILES string of the molecule is C=C/C=C\C=C(/C)n1c2ccccc2c2cc(-c3ccc(-c4ccc(N(c5ccccc5)c5ccc6c(c5)C5(c7ccccc7-c7ccccc75)c5ccccc5-6)cc4)cc3)ccc21. The van der Waals surface area contributed by atoms with Crippen molar-refractivity contribution in [3.05, 3.63) is 265 Å². The number of para-hydroxylation sites is 2. The van der Waals surface area contributed by atoms with Crippen LogP contribution in [0.5, 0.6) is 0 Å². The molecular weight excluding hydrogens is 773 g/mol. The monoisotopic (exact) mass is 816 g/mol. The van der Waals surface area contributed by atoms with E-state index in [0.29, 0.717) is 0 Å². The molecule has 9 aromatic carbocycles. The zero-order chi connectivity index (χ0) is 42.8. The Hall–Kier alpha value is -8.20. The second kappa shape index (κ2) is 15.0. The third-order valence-electron chi connectivity index (χ3n) is 13.5. The quantitative estimate of drug-likeness (QED) is 0.139. The molecule has 1 aromatic heterocycles. The first-order chi connectivity index (χ1) is 31.6. The smallest absolute Gasteiger partial charge is 0.0726 e. The predicted octanol–water partition coefficient (Wildman–Crippen LogP) is 16.5. The predicted molar refractivity (Wildman–Crippen MR) is 271 cm³/mol. The Morgan fingerprint density at radius 1 is 0.422 bits per heavy atom. The van der Waals surface area contributed by atoms with Crippen molar-refractivity contribution in [2.24, 2.45) is 0 Å². The summed E-state index contributed by atoms with van der Waals surface area (Å²) in [5.41, 5.74) is 21.9. The van der Waals surface area contributed by atoms with E-state index in [4.69, 9.17) is 0 Å². The molecule has 10 aromatic rings. The van der Waals surface area contributed by atoms with Crippen LogP contribution in [0.1, 0.15) is 29.2 Å². The zero-order valence-electron chi connectivity index (χ0n) is 35.6. The first-order valence-electron chi connectivity index (χ1n) is 22.1. The van der Waals surface area contributed by atoms with Crippen LogP contribution in [0.3, 0.4) is 0 Å². The number of aromatic nitrogens is 1. The second-order valence-corrected chi connectivity index (χ2v) is 16.9. The molecule has 2 aliphatic carbocycles. The summed E-state index contributed by atoms with van der Waals surface area (Å²) in [5, 5.41) is 2.50. The van der Waals surface area contributed by atoms with E-state index >= 15 is 0 Å². The molecule has 0 fully saturated rings. The van der Waals surface area contributed by atoms with Crippen molar-refractivity contribution < 1.29 is 0 Å². The number of hydrogen-bond donors (Lipinski definition) is 0. The molecule has 302 valence electrons. The summed E-state index contributed by atoms with van der Waals surface area (Å²) in [4.78, 5) is 2.40. The van der Waals surface area contributed by atoms with Crippen LogP contribution in [-0.4, -0.2) is 4.57 Å². The Bertz CT molecular complexity index is 3450. The van der Waals surface area contributed by atoms with Gasteiger partial charge in [0.2, 0.25) is 0 Å². The van der Waals surface area contributed by atoms with Crippen LogP contribution in [0.2, 0.25) is 0 Å². The van der Waals surface area contributed by atoms with Crippen molar-refractivity contribution >= 4 is 44.6 Å². The molecule has 0 unspecified atom stereocenters. The fraction of sp³-hybridized carbons (Fsp3) is 0.0323. The standard InChI is InChI=1S/C62H44N2/c1-3-4-6-17-42(2)63-60-27-16-12-23-54(60)55-40-46(34-39-61(55)63)45-30-28-43(29-31-45)44-32-35-48(36-33-44)64(47-18-7-5-8-19-47)49-37-38-53-52-22-11-15-26-58(52)62(59(53)41-49)56-24-13-9-20-50(56)51-21-10-14-25-57(51)62/h3-41H,1H2,2H3/b6-4-,42-17+. The van der Waals surface area contributed by atoms with Gasteiger partial charge in [-0.1, -0.05) is 183 Å². The summed E-state index contributed by atoms with van der Waals surface area (Å²) in [7, 11) is 0. The Morgan fingerprint density at radius 3 is 1.55 bits per heavy atom. The topological polar surface area (TPSA) is 8.17 Å². The molecule has 2 heteroatoms. The second-order valence-electron chi connectivity index (χ2n) is 16.9. The van der Waals surface area contributed by atoms with Crippen LogP contribution < -0.4 is 4.90 Å². The number of fused-ring (bicyclic) bond motifs is 13. The van der Waals surface area contributed by atoms with E-state index in [1.54, 1.807) is 6.08 Å². The number of benzene rings is 9. The maximum Gasteiger partial charge on any atom is 0.0726 e. The minimum Gasteiger partial charge on any atom is -0.313 e. The first kappa shape index (κ1) is 37.6. The van der Waals surface area contributed by atoms with Crippen molar-refractivity contribution in [2.75, 3.05) is 4.90 Å². The maximum atomic E-state index is 3.82. The molecule has 0 bridgehead atoms. The van der Waals surface area contributed by atoms with Crippen LogP contribution in [0, 0.1) is 0 Å². The lowest BCUT2D eigenvalue weighted by Gasteiger charge is -2.32. The minimum atomic E-state index is -0.405. The molecule has 0 saturated heterocycles. The minimum absolute atomic E-state index is 0.405. The Balaban J connectivity index is 0.908. The molecule has 64 heavy (non-hydrogen) atoms. The molecular formula is C62H44N2. The molecule has 2 nitrogen and oxygen atoms in total. The summed E-state index contributed by atoms with van der Waals surface area (Å²) < 4.78 is 2.35. The van der Waals surface area contributed by atoms with E-state index in [2.05, 4.69) is 241 Å². The molecule has 12 rings (SSSR count). The van der Waals surface area contributed by atoms with E-state index in [0.717, 1.165) is 22.8 Å². The molecule has 0 aliphatic heterocycles. The van der Waals surface area contributed by atoms with Crippen molar-refractivity contribution in [1.29, 1.82) is 0 Å². The van der Waals surface area contributed by atoms with Crippen LogP contribution in [-0.2, 0) is 5.41 Å². The first-order valence-corrected chi connectivity index (χ1v) is 22.1. The molecule has 0 saturated carbocycles. The number of allylic oxidation sites excluding steroid dienone is 5. The van der Waals surface area contributed by atoms with Gasteiger partial charge in [-0.2, -0.15) is 0 Å². The van der Waals surface area contributed by atoms with Crippen molar-refractivity contribution in [1.82, 2.24) is 4.57 Å². The highest BCUT2D eigenvalue weighted by atomic mass is 15.1. The normalized spacial score (nSPS) is 13.3. The molecule has 1 heterocycles. The van der Waals surface area contributed by atoms with Crippen molar-refractivity contribution in [2.45, 2.75) is 12.3 Å². The van der Waals surface area contributed by atoms with E-state index in [1.807, 2.05) is 12.2 Å². The average Bonchev–Trinajstić information content (AvgIpc) is 3.96. The van der Waals surface area contributed by atoms with Gasteiger partial charge in [0.1, 0.15) is 0 Å². The molecule has 0 radical (unpaired) electrons. The number of rotatable bonds is 8. The van der Waals surface area contributed by atoms with Gasteiger partial charge >= 0.3 is 0 Å². The summed E-state index contributed by atoms with van der Waals surface area (Å²) in [5.74, 6) is 0. The largest absolute Gasteiger partial charge is 0.313 e. The summed E-state index contributed by atoms with van der Waals surface area (Å²) in [6.07, 6.45) is 7.95. The van der Waals surface area contributed by atoms with Crippen LogP contribution in [0.25, 0.3) is 72.0 Å². The molecule has 0 amide bonds. The number of nitrogens with zero attached hydrogens (tertiary/aromatic N) is 2. The van der Waals surface area contributed by atoms with E-state index in [-0.39, 0.29) is 0 Å². The Morgan fingerprint density at radius 2 is 0.906 bits per heavy atom. The lowest BCUT2D eigenvalue weighted by atomic mass is 9.70. The number of hydrogen-bond acceptors (Lipinski definition) is 1. The fourth-order valence-corrected chi connectivity index (χ4v) is 10.8. The third kappa shape index (κ3) is 5.66. The molecule has 0 N–H and O–H groups in total. The highest BCUT2D eigenvalue weighted by Gasteiger charge is 2.51. The summed E-state index contributed by atoms with van der Waals surface area (Å²) in [6, 6.07) is 78.5. The van der Waals surface area contributed by atoms with Crippen molar-refractivity contribution in [3.63, 3.8) is 0 Å². The maximum absolute atomic E-state index is 3.82. The molecule has 1 spiro atoms. The van der Waals surface area contributed by atoms with Gasteiger partial charge in [-0.25, -0.2) is 0 Å². The summed E-state index contributed by atoms with van der Waals surface area (Å²) >= 11 is 0. The van der Waals surface area contributed by atoms with Gasteiger partial charge in [-0.05, 0) is 134 Å². The van der Waals surface area contributed by atoms with Gasteiger partial charge in [0, 0.05) is 33.5 Å². The molecule has 0 atom stereocenters. The molecule has 2 aliphatic rings. The lowest BCUT2D eigenvalue weighted by Crippen LogP contribution is -2.26. The number of anilines is 3. The van der Waals surface area contributed by atoms with Gasteiger partial charge in [-0.15, -0.1) is 0 Å². The highest BCUT2D eigenvalue weighted by Crippen LogP contribution is 2.63. The zero-order valence-corrected chi connectivity index (χ0v) is 35.6. The van der Waals surface area contributed by atoms with Gasteiger partial charge in [0.25, 0.3) is 0 Å². The third-order valence-corrected chi connectivity index (χ3v) is 13.5. The highest BCUT2D eigenvalue weighted by molar-refractivity contribution is 6.11. The van der Waals surface area contributed by atoms with Gasteiger partial charge < -0.3 is 9.47 Å². The lowest BCUT2D eigenvalue weighted by molar-refractivity contribution is 0.793. The van der Waals surface area contributed by atoms with E-state index < -0.39 is 5.41 Å². The van der Waals surface area contributed by atoms with Crippen LogP contribution >= 0.6 is 0 Å². The van der Waals surface area contributed by atoms with E-state index in [1.165, 1.54) is 88.6 Å². The summed E-state index contributed by atoms with van der Waals surface area (Å²) in [6.45, 7) is 5.98. The van der Waals surface area contributed by atoms with Gasteiger partial charge in [-0.3, -0.25) is 0 Å². The van der Waals surface area contributed by atoms with Gasteiger partial charge in [0.05, 0.1) is 16.4 Å². The van der Waals surface area contributed by atoms with Crippen LogP contribution in [0.15, 0.2) is 243 Å².